The fourth-order valence-electron chi connectivity index (χ4n) is 2.70. The van der Waals surface area contributed by atoms with Crippen molar-refractivity contribution in [3.63, 3.8) is 0 Å². The van der Waals surface area contributed by atoms with E-state index in [1.807, 2.05) is 35.0 Å². The molecule has 0 fully saturated rings. The van der Waals surface area contributed by atoms with E-state index < -0.39 is 10.9 Å². The van der Waals surface area contributed by atoms with Gasteiger partial charge in [-0.25, -0.2) is 4.79 Å². The van der Waals surface area contributed by atoms with Gasteiger partial charge in [0.05, 0.1) is 16.1 Å². The van der Waals surface area contributed by atoms with E-state index >= 15 is 0 Å². The van der Waals surface area contributed by atoms with Gasteiger partial charge in [0, 0.05) is 29.8 Å². The van der Waals surface area contributed by atoms with Gasteiger partial charge in [-0.2, -0.15) is 4.57 Å². The first-order valence-electron chi connectivity index (χ1n) is 8.27. The molecule has 134 valence electrons. The molecule has 0 radical (unpaired) electrons. The molecular weight excluding hydrogens is 344 g/mol. The molecule has 0 aliphatic heterocycles. The van der Waals surface area contributed by atoms with Gasteiger partial charge in [-0.05, 0) is 30.3 Å². The fourth-order valence-corrected chi connectivity index (χ4v) is 2.70. The molecule has 1 N–H and O–H groups in total. The van der Waals surface area contributed by atoms with Gasteiger partial charge in [0.25, 0.3) is 5.69 Å². The number of nitro benzene ring substituents is 1. The molecule has 3 rings (SSSR count). The lowest BCUT2D eigenvalue weighted by Crippen LogP contribution is -2.36. The Bertz CT molecular complexity index is 1010. The number of carbonyl (C=O) groups is 1. The Morgan fingerprint density at radius 3 is 2.41 bits per heavy atom. The molecule has 0 saturated carbocycles. The summed E-state index contributed by atoms with van der Waals surface area (Å²) in [5, 5.41) is 20.1. The van der Waals surface area contributed by atoms with Crippen molar-refractivity contribution in [1.82, 2.24) is 0 Å². The number of aromatic nitrogens is 1. The molecule has 3 aromatic rings. The van der Waals surface area contributed by atoms with E-state index in [1.165, 1.54) is 6.07 Å². The van der Waals surface area contributed by atoms with Crippen LogP contribution < -0.4 is 4.57 Å². The first-order valence-corrected chi connectivity index (χ1v) is 8.27. The summed E-state index contributed by atoms with van der Waals surface area (Å²) < 4.78 is 1.99. The maximum absolute atomic E-state index is 11.1. The minimum atomic E-state index is -0.956. The largest absolute Gasteiger partial charge is 0.478 e. The minimum absolute atomic E-state index is 0.0560. The fraction of sp³-hybridized carbons (Fsp3) is 0.0476. The molecule has 6 heteroatoms. The second-order valence-corrected chi connectivity index (χ2v) is 5.90. The van der Waals surface area contributed by atoms with Crippen molar-refractivity contribution in [3.8, 4) is 0 Å². The summed E-state index contributed by atoms with van der Waals surface area (Å²) in [6.45, 7) is 0.553. The van der Waals surface area contributed by atoms with Gasteiger partial charge >= 0.3 is 5.97 Å². The number of benzene rings is 2. The van der Waals surface area contributed by atoms with E-state index in [1.54, 1.807) is 48.5 Å². The van der Waals surface area contributed by atoms with Crippen molar-refractivity contribution >= 4 is 23.8 Å². The van der Waals surface area contributed by atoms with E-state index in [0.717, 1.165) is 11.3 Å². The van der Waals surface area contributed by atoms with Gasteiger partial charge in [-0.3, -0.25) is 10.1 Å². The van der Waals surface area contributed by atoms with Gasteiger partial charge in [-0.1, -0.05) is 24.3 Å². The molecule has 2 aromatic carbocycles. The molecule has 0 spiro atoms. The molecular formula is C21H17N2O4+. The highest BCUT2D eigenvalue weighted by atomic mass is 16.6. The predicted octanol–water partition coefficient (Wildman–Crippen LogP) is 3.80. The molecule has 6 nitrogen and oxygen atoms in total. The molecule has 0 unspecified atom stereocenters. The number of hydrogen-bond donors (Lipinski definition) is 1. The number of para-hydroxylation sites is 1. The molecule has 0 atom stereocenters. The maximum Gasteiger partial charge on any atom is 0.335 e. The monoisotopic (exact) mass is 361 g/mol. The Labute approximate surface area is 155 Å². The van der Waals surface area contributed by atoms with Crippen molar-refractivity contribution in [2.45, 2.75) is 6.54 Å². The summed E-state index contributed by atoms with van der Waals surface area (Å²) in [5.74, 6) is -0.956. The van der Waals surface area contributed by atoms with Crippen molar-refractivity contribution < 1.29 is 19.4 Å². The molecule has 0 aliphatic rings. The lowest BCUT2D eigenvalue weighted by atomic mass is 10.1. The highest BCUT2D eigenvalue weighted by molar-refractivity contribution is 5.87. The van der Waals surface area contributed by atoms with E-state index in [4.69, 9.17) is 5.11 Å². The number of nitro groups is 1. The van der Waals surface area contributed by atoms with Crippen LogP contribution >= 0.6 is 0 Å². The van der Waals surface area contributed by atoms with Gasteiger partial charge < -0.3 is 5.11 Å². The van der Waals surface area contributed by atoms with Crippen LogP contribution in [0.4, 0.5) is 5.69 Å². The Kier molecular flexibility index (Phi) is 5.37. The normalized spacial score (nSPS) is 10.8. The minimum Gasteiger partial charge on any atom is -0.478 e. The zero-order valence-electron chi connectivity index (χ0n) is 14.4. The summed E-state index contributed by atoms with van der Waals surface area (Å²) in [5.41, 5.74) is 2.66. The van der Waals surface area contributed by atoms with Crippen LogP contribution in [0.1, 0.15) is 27.2 Å². The number of rotatable bonds is 6. The third-order valence-electron chi connectivity index (χ3n) is 4.10. The topological polar surface area (TPSA) is 84.3 Å². The number of aromatic carboxylic acids is 1. The van der Waals surface area contributed by atoms with E-state index in [-0.39, 0.29) is 11.3 Å². The Hall–Kier alpha value is -3.80. The summed E-state index contributed by atoms with van der Waals surface area (Å²) in [7, 11) is 0. The van der Waals surface area contributed by atoms with Gasteiger partial charge in [0.1, 0.15) is 0 Å². The predicted molar refractivity (Wildman–Crippen MR) is 101 cm³/mol. The second kappa shape index (κ2) is 8.05. The van der Waals surface area contributed by atoms with E-state index in [9.17, 15) is 14.9 Å². The van der Waals surface area contributed by atoms with Crippen LogP contribution in [0.15, 0.2) is 72.9 Å². The van der Waals surface area contributed by atoms with Crippen molar-refractivity contribution in [2.24, 2.45) is 0 Å². The number of hydrogen-bond acceptors (Lipinski definition) is 3. The van der Waals surface area contributed by atoms with E-state index in [0.29, 0.717) is 12.1 Å². The van der Waals surface area contributed by atoms with Crippen LogP contribution in [-0.2, 0) is 6.54 Å². The summed E-state index contributed by atoms with van der Waals surface area (Å²) in [4.78, 5) is 21.7. The smallest absolute Gasteiger partial charge is 0.335 e. The quantitative estimate of drug-likeness (QED) is 0.411. The molecule has 1 heterocycles. The lowest BCUT2D eigenvalue weighted by molar-refractivity contribution is -0.690. The highest BCUT2D eigenvalue weighted by Gasteiger charge is 2.12. The van der Waals surface area contributed by atoms with Crippen molar-refractivity contribution in [1.29, 1.82) is 0 Å². The molecule has 27 heavy (non-hydrogen) atoms. The van der Waals surface area contributed by atoms with Crippen LogP contribution in [0.2, 0.25) is 0 Å². The third-order valence-corrected chi connectivity index (χ3v) is 4.10. The van der Waals surface area contributed by atoms with Gasteiger partial charge in [-0.15, -0.1) is 0 Å². The van der Waals surface area contributed by atoms with Gasteiger partial charge in [0.15, 0.2) is 12.7 Å². The zero-order chi connectivity index (χ0) is 19.2. The second-order valence-electron chi connectivity index (χ2n) is 5.90. The van der Waals surface area contributed by atoms with Crippen LogP contribution in [0.25, 0.3) is 12.2 Å². The first-order chi connectivity index (χ1) is 13.0. The number of carboxylic acids is 1. The van der Waals surface area contributed by atoms with Crippen molar-refractivity contribution in [3.05, 3.63) is 105 Å². The Morgan fingerprint density at radius 2 is 1.70 bits per heavy atom. The molecule has 1 aromatic heterocycles. The van der Waals surface area contributed by atoms with E-state index in [2.05, 4.69) is 0 Å². The average Bonchev–Trinajstić information content (AvgIpc) is 2.68. The summed E-state index contributed by atoms with van der Waals surface area (Å²) >= 11 is 0. The summed E-state index contributed by atoms with van der Waals surface area (Å²) in [6.07, 6.45) is 5.45. The number of carboxylic acid groups (broad SMARTS) is 1. The third kappa shape index (κ3) is 4.43. The van der Waals surface area contributed by atoms with Crippen LogP contribution in [0.5, 0.6) is 0 Å². The van der Waals surface area contributed by atoms with Crippen molar-refractivity contribution in [2.75, 3.05) is 0 Å². The SMILES string of the molecule is O=C(O)c1ccc(C[n+]2ccccc2/C=C/c2ccccc2[N+](=O)[O-])cc1. The Morgan fingerprint density at radius 1 is 1.00 bits per heavy atom. The molecule has 0 aliphatic carbocycles. The average molecular weight is 361 g/mol. The number of nitrogens with zero attached hydrogens (tertiary/aromatic N) is 2. The molecule has 0 amide bonds. The standard InChI is InChI=1S/C21H16N2O4/c24-21(25)18-10-8-16(9-11-18)15-22-14-4-3-6-19(22)13-12-17-5-1-2-7-20(17)23(26)27/h1-14H,15H2/p+1/b13-12+. The zero-order valence-corrected chi connectivity index (χ0v) is 14.4. The lowest BCUT2D eigenvalue weighted by Gasteiger charge is -2.02. The first kappa shape index (κ1) is 18.0. The molecule has 0 saturated heterocycles. The van der Waals surface area contributed by atoms with Crippen LogP contribution in [0.3, 0.4) is 0 Å². The molecule has 0 bridgehead atoms. The number of pyridine rings is 1. The van der Waals surface area contributed by atoms with Crippen LogP contribution in [-0.4, -0.2) is 16.0 Å². The Balaban J connectivity index is 1.86. The maximum atomic E-state index is 11.1. The van der Waals surface area contributed by atoms with Crippen LogP contribution in [0, 0.1) is 10.1 Å². The van der Waals surface area contributed by atoms with Gasteiger partial charge in [0.2, 0.25) is 5.69 Å². The summed E-state index contributed by atoms with van der Waals surface area (Å²) in [6, 6.07) is 19.0. The highest BCUT2D eigenvalue weighted by Crippen LogP contribution is 2.19.